The average molecular weight is 282 g/mol. The Hall–Kier alpha value is -2.09. The monoisotopic (exact) mass is 282 g/mol. The quantitative estimate of drug-likeness (QED) is 0.703. The van der Waals surface area contributed by atoms with Gasteiger partial charge < -0.3 is 20.4 Å². The Bertz CT molecular complexity index is 501. The molecule has 3 N–H and O–H groups in total. The van der Waals surface area contributed by atoms with E-state index in [0.717, 1.165) is 12.8 Å². The zero-order valence-electron chi connectivity index (χ0n) is 11.2. The number of nitrogens with one attached hydrogen (secondary N) is 1. The van der Waals surface area contributed by atoms with E-state index in [-0.39, 0.29) is 12.6 Å². The minimum atomic E-state index is -1.15. The van der Waals surface area contributed by atoms with Gasteiger partial charge in [-0.25, -0.2) is 9.59 Å². The minimum Gasteiger partial charge on any atom is -0.479 e. The number of hydrogen-bond acceptors (Lipinski definition) is 4. The van der Waals surface area contributed by atoms with Gasteiger partial charge in [0.25, 0.3) is 0 Å². The summed E-state index contributed by atoms with van der Waals surface area (Å²) in [5, 5.41) is 24.8. The van der Waals surface area contributed by atoms with E-state index in [4.69, 9.17) is 0 Å². The van der Waals surface area contributed by atoms with Crippen LogP contribution in [-0.4, -0.2) is 56.1 Å². The van der Waals surface area contributed by atoms with Crippen molar-refractivity contribution in [3.8, 4) is 0 Å². The number of carbonyl (C=O) groups excluding carboxylic acids is 1. The van der Waals surface area contributed by atoms with Crippen LogP contribution in [0.5, 0.6) is 0 Å². The Kier molecular flexibility index (Phi) is 4.23. The van der Waals surface area contributed by atoms with Crippen molar-refractivity contribution in [2.24, 2.45) is 7.05 Å². The Morgan fingerprint density at radius 1 is 1.60 bits per heavy atom. The lowest BCUT2D eigenvalue weighted by molar-refractivity contribution is -0.139. The highest BCUT2D eigenvalue weighted by Gasteiger charge is 2.31. The predicted octanol–water partition coefficient (Wildman–Crippen LogP) is -0.288. The van der Waals surface area contributed by atoms with E-state index in [2.05, 4.69) is 10.4 Å². The number of carboxylic acid groups (broad SMARTS) is 1. The Balaban J connectivity index is 2.09. The van der Waals surface area contributed by atoms with Gasteiger partial charge in [-0.15, -0.1) is 0 Å². The van der Waals surface area contributed by atoms with E-state index < -0.39 is 18.0 Å². The molecule has 2 unspecified atom stereocenters. The molecular formula is C12H18N4O4. The largest absolute Gasteiger partial charge is 0.479 e. The van der Waals surface area contributed by atoms with E-state index in [0.29, 0.717) is 12.1 Å². The van der Waals surface area contributed by atoms with Crippen LogP contribution < -0.4 is 5.32 Å². The lowest BCUT2D eigenvalue weighted by atomic mass is 10.1. The maximum Gasteiger partial charge on any atom is 0.331 e. The normalized spacial score (nSPS) is 19.9. The highest BCUT2D eigenvalue weighted by Crippen LogP contribution is 2.19. The van der Waals surface area contributed by atoms with Crippen molar-refractivity contribution >= 4 is 12.0 Å². The minimum absolute atomic E-state index is 0.113. The summed E-state index contributed by atoms with van der Waals surface area (Å²) in [6, 6.07) is -1.85. The third-order valence-electron chi connectivity index (χ3n) is 3.42. The first-order valence-electron chi connectivity index (χ1n) is 6.42. The highest BCUT2D eigenvalue weighted by atomic mass is 16.4. The molecular weight excluding hydrogens is 264 g/mol. The number of aliphatic hydroxyl groups is 1. The van der Waals surface area contributed by atoms with E-state index in [1.807, 2.05) is 0 Å². The molecule has 1 aliphatic rings. The van der Waals surface area contributed by atoms with E-state index in [1.165, 1.54) is 15.8 Å². The maximum atomic E-state index is 12.1. The average Bonchev–Trinajstić information content (AvgIpc) is 3.03. The molecule has 0 aromatic carbocycles. The SMILES string of the molecule is Cn1cc(C(NC(=O)N2CCCC2CO)C(=O)O)cn1. The number of rotatable bonds is 4. The molecule has 2 heterocycles. The lowest BCUT2D eigenvalue weighted by Gasteiger charge is -2.25. The second-order valence-corrected chi connectivity index (χ2v) is 4.84. The van der Waals surface area contributed by atoms with Gasteiger partial charge in [-0.05, 0) is 12.8 Å². The Morgan fingerprint density at radius 3 is 2.90 bits per heavy atom. The number of carbonyl (C=O) groups is 2. The fourth-order valence-electron chi connectivity index (χ4n) is 2.38. The smallest absolute Gasteiger partial charge is 0.331 e. The van der Waals surface area contributed by atoms with Gasteiger partial charge in [0.05, 0.1) is 18.8 Å². The first-order valence-corrected chi connectivity index (χ1v) is 6.42. The zero-order chi connectivity index (χ0) is 14.7. The summed E-state index contributed by atoms with van der Waals surface area (Å²) in [5.41, 5.74) is 0.410. The summed E-state index contributed by atoms with van der Waals surface area (Å²) in [7, 11) is 1.67. The molecule has 0 spiro atoms. The number of aryl methyl sites for hydroxylation is 1. The van der Waals surface area contributed by atoms with Crippen LogP contribution >= 0.6 is 0 Å². The standard InChI is InChI=1S/C12H18N4O4/c1-15-6-8(5-13-15)10(11(18)19)14-12(20)16-4-2-3-9(16)7-17/h5-6,9-10,17H,2-4,7H2,1H3,(H,14,20)(H,18,19). The Morgan fingerprint density at radius 2 is 2.35 bits per heavy atom. The lowest BCUT2D eigenvalue weighted by Crippen LogP contribution is -2.46. The van der Waals surface area contributed by atoms with Crippen LogP contribution in [0.1, 0.15) is 24.4 Å². The van der Waals surface area contributed by atoms with Gasteiger partial charge in [0.15, 0.2) is 6.04 Å². The molecule has 1 fully saturated rings. The molecule has 1 aromatic rings. The van der Waals surface area contributed by atoms with Crippen molar-refractivity contribution in [3.05, 3.63) is 18.0 Å². The molecule has 2 atom stereocenters. The summed E-state index contributed by atoms with van der Waals surface area (Å²) in [6.45, 7) is 0.411. The van der Waals surface area contributed by atoms with Crippen LogP contribution in [-0.2, 0) is 11.8 Å². The number of aliphatic hydroxyl groups excluding tert-OH is 1. The summed E-state index contributed by atoms with van der Waals surface area (Å²) < 4.78 is 1.48. The number of carboxylic acids is 1. The number of hydrogen-bond donors (Lipinski definition) is 3. The molecule has 1 aromatic heterocycles. The van der Waals surface area contributed by atoms with Gasteiger partial charge >= 0.3 is 12.0 Å². The molecule has 2 rings (SSSR count). The van der Waals surface area contributed by atoms with Gasteiger partial charge in [0.1, 0.15) is 0 Å². The summed E-state index contributed by atoms with van der Waals surface area (Å²) >= 11 is 0. The van der Waals surface area contributed by atoms with Crippen molar-refractivity contribution in [3.63, 3.8) is 0 Å². The second kappa shape index (κ2) is 5.91. The predicted molar refractivity (Wildman–Crippen MR) is 68.9 cm³/mol. The molecule has 2 amide bonds. The topological polar surface area (TPSA) is 108 Å². The van der Waals surface area contributed by atoms with Crippen molar-refractivity contribution in [2.75, 3.05) is 13.2 Å². The first-order chi connectivity index (χ1) is 9.52. The van der Waals surface area contributed by atoms with Gasteiger partial charge in [-0.2, -0.15) is 5.10 Å². The van der Waals surface area contributed by atoms with Crippen molar-refractivity contribution in [1.29, 1.82) is 0 Å². The Labute approximate surface area is 116 Å². The molecule has 0 bridgehead atoms. The van der Waals surface area contributed by atoms with Crippen LogP contribution in [0.15, 0.2) is 12.4 Å². The zero-order valence-corrected chi connectivity index (χ0v) is 11.2. The number of nitrogens with zero attached hydrogens (tertiary/aromatic N) is 3. The molecule has 20 heavy (non-hydrogen) atoms. The summed E-state index contributed by atoms with van der Waals surface area (Å²) in [4.78, 5) is 24.9. The number of urea groups is 1. The van der Waals surface area contributed by atoms with Crippen molar-refractivity contribution in [2.45, 2.75) is 24.9 Å². The highest BCUT2D eigenvalue weighted by molar-refractivity contribution is 5.83. The summed E-state index contributed by atoms with van der Waals surface area (Å²) in [5.74, 6) is -1.15. The van der Waals surface area contributed by atoms with Crippen molar-refractivity contribution in [1.82, 2.24) is 20.0 Å². The van der Waals surface area contributed by atoms with Crippen LogP contribution in [0, 0.1) is 0 Å². The number of likely N-dealkylation sites (tertiary alicyclic amines) is 1. The molecule has 1 aliphatic heterocycles. The van der Waals surface area contributed by atoms with Crippen LogP contribution in [0.2, 0.25) is 0 Å². The molecule has 8 heteroatoms. The van der Waals surface area contributed by atoms with Crippen molar-refractivity contribution < 1.29 is 19.8 Å². The van der Waals surface area contributed by atoms with Gasteiger partial charge in [-0.1, -0.05) is 0 Å². The van der Waals surface area contributed by atoms with Crippen LogP contribution in [0.25, 0.3) is 0 Å². The van der Waals surface area contributed by atoms with Gasteiger partial charge in [0, 0.05) is 25.4 Å². The number of amides is 2. The molecule has 0 aliphatic carbocycles. The first kappa shape index (κ1) is 14.3. The van der Waals surface area contributed by atoms with Crippen LogP contribution in [0.3, 0.4) is 0 Å². The number of aromatic nitrogens is 2. The van der Waals surface area contributed by atoms with Gasteiger partial charge in [0.2, 0.25) is 0 Å². The molecule has 1 saturated heterocycles. The van der Waals surface area contributed by atoms with E-state index in [1.54, 1.807) is 13.2 Å². The fraction of sp³-hybridized carbons (Fsp3) is 0.583. The molecule has 110 valence electrons. The summed E-state index contributed by atoms with van der Waals surface area (Å²) in [6.07, 6.45) is 4.50. The fourth-order valence-corrected chi connectivity index (χ4v) is 2.38. The van der Waals surface area contributed by atoms with Gasteiger partial charge in [-0.3, -0.25) is 4.68 Å². The molecule has 0 saturated carbocycles. The third-order valence-corrected chi connectivity index (χ3v) is 3.42. The van der Waals surface area contributed by atoms with E-state index in [9.17, 15) is 19.8 Å². The second-order valence-electron chi connectivity index (χ2n) is 4.84. The molecule has 0 radical (unpaired) electrons. The molecule has 8 nitrogen and oxygen atoms in total. The number of aliphatic carboxylic acids is 1. The van der Waals surface area contributed by atoms with Crippen LogP contribution in [0.4, 0.5) is 4.79 Å². The third kappa shape index (κ3) is 2.90. The maximum absolute atomic E-state index is 12.1. The van der Waals surface area contributed by atoms with E-state index >= 15 is 0 Å².